The van der Waals surface area contributed by atoms with Gasteiger partial charge in [0.15, 0.2) is 0 Å². The maximum absolute atomic E-state index is 10.1. The second-order valence-corrected chi connectivity index (χ2v) is 5.23. The number of piperidine rings is 1. The van der Waals surface area contributed by atoms with Crippen LogP contribution in [0.4, 0.5) is 5.69 Å². The SMILES string of the molecule is CC1(O)CCCN(c2ccc(Cl)cc2C#N)C1. The molecule has 1 saturated heterocycles. The summed E-state index contributed by atoms with van der Waals surface area (Å²) in [5.41, 5.74) is 0.747. The molecule has 0 spiro atoms. The molecule has 1 atom stereocenters. The van der Waals surface area contributed by atoms with Crippen LogP contribution in [0.25, 0.3) is 0 Å². The van der Waals surface area contributed by atoms with Crippen LogP contribution < -0.4 is 4.90 Å². The summed E-state index contributed by atoms with van der Waals surface area (Å²) in [4.78, 5) is 2.05. The number of halogens is 1. The van der Waals surface area contributed by atoms with E-state index in [9.17, 15) is 5.11 Å². The molecule has 1 unspecified atom stereocenters. The minimum absolute atomic E-state index is 0.559. The highest BCUT2D eigenvalue weighted by Crippen LogP contribution is 2.29. The lowest BCUT2D eigenvalue weighted by molar-refractivity contribution is 0.0449. The van der Waals surface area contributed by atoms with E-state index in [4.69, 9.17) is 16.9 Å². The van der Waals surface area contributed by atoms with Gasteiger partial charge in [-0.2, -0.15) is 5.26 Å². The molecule has 0 aliphatic carbocycles. The van der Waals surface area contributed by atoms with Gasteiger partial charge >= 0.3 is 0 Å². The number of β-amino-alcohol motifs (C(OH)–C–C–N with tert-alkyl or cyclic N) is 1. The van der Waals surface area contributed by atoms with Crippen molar-refractivity contribution < 1.29 is 5.11 Å². The summed E-state index contributed by atoms with van der Waals surface area (Å²) < 4.78 is 0. The Morgan fingerprint density at radius 1 is 1.53 bits per heavy atom. The minimum atomic E-state index is -0.676. The zero-order chi connectivity index (χ0) is 12.5. The van der Waals surface area contributed by atoms with E-state index in [1.807, 2.05) is 13.0 Å². The van der Waals surface area contributed by atoms with Gasteiger partial charge in [0.1, 0.15) is 6.07 Å². The molecule has 1 N–H and O–H groups in total. The quantitative estimate of drug-likeness (QED) is 0.833. The van der Waals surface area contributed by atoms with Crippen LogP contribution in [0.2, 0.25) is 5.02 Å². The average molecular weight is 251 g/mol. The lowest BCUT2D eigenvalue weighted by Gasteiger charge is -2.38. The van der Waals surface area contributed by atoms with Gasteiger partial charge in [-0.05, 0) is 38.0 Å². The van der Waals surface area contributed by atoms with Crippen molar-refractivity contribution >= 4 is 17.3 Å². The lowest BCUT2D eigenvalue weighted by atomic mass is 9.94. The standard InChI is InChI=1S/C13H15ClN2O/c1-13(17)5-2-6-16(9-13)12-4-3-11(14)7-10(12)8-15/h3-4,7,17H,2,5-6,9H2,1H3. The number of hydrogen-bond donors (Lipinski definition) is 1. The van der Waals surface area contributed by atoms with Crippen molar-refractivity contribution in [1.29, 1.82) is 5.26 Å². The fourth-order valence-corrected chi connectivity index (χ4v) is 2.47. The fraction of sp³-hybridized carbons (Fsp3) is 0.462. The Labute approximate surface area is 106 Å². The third kappa shape index (κ3) is 2.71. The van der Waals surface area contributed by atoms with E-state index in [0.717, 1.165) is 25.1 Å². The highest BCUT2D eigenvalue weighted by atomic mass is 35.5. The predicted octanol–water partition coefficient (Wildman–Crippen LogP) is 2.56. The summed E-state index contributed by atoms with van der Waals surface area (Å²) in [6, 6.07) is 7.45. The molecule has 3 nitrogen and oxygen atoms in total. The molecule has 1 fully saturated rings. The topological polar surface area (TPSA) is 47.3 Å². The molecule has 90 valence electrons. The van der Waals surface area contributed by atoms with Crippen molar-refractivity contribution in [2.24, 2.45) is 0 Å². The average Bonchev–Trinajstić information content (AvgIpc) is 2.27. The molecule has 2 rings (SSSR count). The van der Waals surface area contributed by atoms with E-state index in [0.29, 0.717) is 17.1 Å². The van der Waals surface area contributed by atoms with Gasteiger partial charge < -0.3 is 10.0 Å². The van der Waals surface area contributed by atoms with Gasteiger partial charge in [-0.3, -0.25) is 0 Å². The Morgan fingerprint density at radius 3 is 2.94 bits per heavy atom. The molecule has 0 bridgehead atoms. The number of rotatable bonds is 1. The molecule has 4 heteroatoms. The van der Waals surface area contributed by atoms with Crippen LogP contribution in [-0.4, -0.2) is 23.8 Å². The van der Waals surface area contributed by atoms with Crippen LogP contribution in [0, 0.1) is 11.3 Å². The van der Waals surface area contributed by atoms with Gasteiger partial charge in [-0.25, -0.2) is 0 Å². The van der Waals surface area contributed by atoms with Crippen LogP contribution in [0.15, 0.2) is 18.2 Å². The van der Waals surface area contributed by atoms with Gasteiger partial charge in [0, 0.05) is 18.1 Å². The highest BCUT2D eigenvalue weighted by Gasteiger charge is 2.29. The normalized spacial score (nSPS) is 24.5. The second kappa shape index (κ2) is 4.56. The van der Waals surface area contributed by atoms with E-state index >= 15 is 0 Å². The first-order chi connectivity index (χ1) is 8.02. The molecular formula is C13H15ClN2O. The zero-order valence-corrected chi connectivity index (χ0v) is 10.5. The molecule has 1 aliphatic rings. The Hall–Kier alpha value is -1.24. The number of nitriles is 1. The van der Waals surface area contributed by atoms with Crippen molar-refractivity contribution in [3.8, 4) is 6.07 Å². The predicted molar refractivity (Wildman–Crippen MR) is 68.2 cm³/mol. The van der Waals surface area contributed by atoms with Crippen molar-refractivity contribution in [1.82, 2.24) is 0 Å². The Kier molecular flexibility index (Phi) is 3.28. The number of benzene rings is 1. The maximum atomic E-state index is 10.1. The molecular weight excluding hydrogens is 236 g/mol. The molecule has 1 aromatic rings. The summed E-state index contributed by atoms with van der Waals surface area (Å²) in [5, 5.41) is 19.7. The maximum Gasteiger partial charge on any atom is 0.101 e. The number of anilines is 1. The van der Waals surface area contributed by atoms with Crippen LogP contribution in [0.1, 0.15) is 25.3 Å². The van der Waals surface area contributed by atoms with E-state index in [2.05, 4.69) is 11.0 Å². The van der Waals surface area contributed by atoms with Crippen molar-refractivity contribution in [3.63, 3.8) is 0 Å². The zero-order valence-electron chi connectivity index (χ0n) is 9.78. The van der Waals surface area contributed by atoms with Gasteiger partial charge in [-0.15, -0.1) is 0 Å². The molecule has 1 aromatic carbocycles. The molecule has 0 amide bonds. The van der Waals surface area contributed by atoms with Crippen LogP contribution in [0.5, 0.6) is 0 Å². The van der Waals surface area contributed by atoms with Crippen molar-refractivity contribution in [2.75, 3.05) is 18.0 Å². The largest absolute Gasteiger partial charge is 0.388 e. The third-order valence-corrected chi connectivity index (χ3v) is 3.33. The Bertz CT molecular complexity index is 465. The first-order valence-electron chi connectivity index (χ1n) is 5.69. The van der Waals surface area contributed by atoms with Crippen molar-refractivity contribution in [3.05, 3.63) is 28.8 Å². The number of nitrogens with zero attached hydrogens (tertiary/aromatic N) is 2. The Morgan fingerprint density at radius 2 is 2.29 bits per heavy atom. The van der Waals surface area contributed by atoms with E-state index in [1.54, 1.807) is 12.1 Å². The fourth-order valence-electron chi connectivity index (χ4n) is 2.30. The summed E-state index contributed by atoms with van der Waals surface area (Å²) in [5.74, 6) is 0. The van der Waals surface area contributed by atoms with E-state index < -0.39 is 5.60 Å². The Balaban J connectivity index is 2.31. The highest BCUT2D eigenvalue weighted by molar-refractivity contribution is 6.30. The first-order valence-corrected chi connectivity index (χ1v) is 6.07. The molecule has 17 heavy (non-hydrogen) atoms. The number of hydrogen-bond acceptors (Lipinski definition) is 3. The number of aliphatic hydroxyl groups is 1. The smallest absolute Gasteiger partial charge is 0.101 e. The van der Waals surface area contributed by atoms with Crippen LogP contribution in [-0.2, 0) is 0 Å². The summed E-state index contributed by atoms with van der Waals surface area (Å²) in [7, 11) is 0. The molecule has 0 saturated carbocycles. The molecule has 1 aliphatic heterocycles. The minimum Gasteiger partial charge on any atom is -0.388 e. The van der Waals surface area contributed by atoms with Crippen LogP contribution >= 0.6 is 11.6 Å². The summed E-state index contributed by atoms with van der Waals surface area (Å²) >= 11 is 5.87. The lowest BCUT2D eigenvalue weighted by Crippen LogP contribution is -2.46. The molecule has 0 aromatic heterocycles. The first kappa shape index (κ1) is 12.2. The molecule has 0 radical (unpaired) electrons. The van der Waals surface area contributed by atoms with Gasteiger partial charge in [0.25, 0.3) is 0 Å². The third-order valence-electron chi connectivity index (χ3n) is 3.09. The van der Waals surface area contributed by atoms with E-state index in [1.165, 1.54) is 0 Å². The molecule has 1 heterocycles. The van der Waals surface area contributed by atoms with Gasteiger partial charge in [0.2, 0.25) is 0 Å². The van der Waals surface area contributed by atoms with Crippen molar-refractivity contribution in [2.45, 2.75) is 25.4 Å². The second-order valence-electron chi connectivity index (χ2n) is 4.80. The monoisotopic (exact) mass is 250 g/mol. The summed E-state index contributed by atoms with van der Waals surface area (Å²) in [6.07, 6.45) is 1.74. The summed E-state index contributed by atoms with van der Waals surface area (Å²) in [6.45, 7) is 3.26. The van der Waals surface area contributed by atoms with Crippen LogP contribution in [0.3, 0.4) is 0 Å². The van der Waals surface area contributed by atoms with E-state index in [-0.39, 0.29) is 0 Å². The van der Waals surface area contributed by atoms with Gasteiger partial charge in [-0.1, -0.05) is 11.6 Å². The van der Waals surface area contributed by atoms with Gasteiger partial charge in [0.05, 0.1) is 16.9 Å².